The fourth-order valence-electron chi connectivity index (χ4n) is 3.41. The van der Waals surface area contributed by atoms with E-state index in [0.29, 0.717) is 0 Å². The van der Waals surface area contributed by atoms with Gasteiger partial charge in [-0.3, -0.25) is 4.99 Å². The number of nitrogens with zero attached hydrogens (tertiary/aromatic N) is 1. The Morgan fingerprint density at radius 3 is 2.78 bits per heavy atom. The average molecular weight is 243 g/mol. The molecule has 0 aromatic heterocycles. The molecule has 2 nitrogen and oxygen atoms in total. The summed E-state index contributed by atoms with van der Waals surface area (Å²) >= 11 is 0. The van der Waals surface area contributed by atoms with Gasteiger partial charge >= 0.3 is 0 Å². The minimum Gasteiger partial charge on any atom is -0.384 e. The highest BCUT2D eigenvalue weighted by atomic mass is 16.5. The first-order chi connectivity index (χ1) is 8.83. The second-order valence-corrected chi connectivity index (χ2v) is 5.57. The van der Waals surface area contributed by atoms with Crippen molar-refractivity contribution in [2.75, 3.05) is 13.7 Å². The maximum absolute atomic E-state index is 5.23. The summed E-state index contributed by atoms with van der Waals surface area (Å²) in [5.41, 5.74) is 4.32. The topological polar surface area (TPSA) is 21.6 Å². The van der Waals surface area contributed by atoms with Crippen molar-refractivity contribution in [1.29, 1.82) is 0 Å². The molecular formula is C16H21NO. The molecule has 0 saturated heterocycles. The predicted molar refractivity (Wildman–Crippen MR) is 74.4 cm³/mol. The van der Waals surface area contributed by atoms with Crippen molar-refractivity contribution < 1.29 is 4.74 Å². The Hall–Kier alpha value is -1.15. The predicted octanol–water partition coefficient (Wildman–Crippen LogP) is 3.38. The monoisotopic (exact) mass is 243 g/mol. The molecule has 0 bridgehead atoms. The molecule has 0 atom stereocenters. The minimum atomic E-state index is 0.220. The minimum absolute atomic E-state index is 0.220. The van der Waals surface area contributed by atoms with Crippen molar-refractivity contribution in [3.8, 4) is 0 Å². The van der Waals surface area contributed by atoms with Crippen molar-refractivity contribution in [2.45, 2.75) is 44.1 Å². The molecule has 96 valence electrons. The summed E-state index contributed by atoms with van der Waals surface area (Å²) in [6.07, 6.45) is 7.27. The van der Waals surface area contributed by atoms with Crippen molar-refractivity contribution in [3.05, 3.63) is 35.4 Å². The summed E-state index contributed by atoms with van der Waals surface area (Å²) < 4.78 is 5.23. The molecule has 1 aromatic rings. The quantitative estimate of drug-likeness (QED) is 0.797. The van der Waals surface area contributed by atoms with Crippen LogP contribution in [0.15, 0.2) is 29.3 Å². The van der Waals surface area contributed by atoms with E-state index in [9.17, 15) is 0 Å². The van der Waals surface area contributed by atoms with Crippen LogP contribution in [0.3, 0.4) is 0 Å². The lowest BCUT2D eigenvalue weighted by atomic mass is 9.82. The molecule has 0 unspecified atom stereocenters. The Labute approximate surface area is 109 Å². The first-order valence-corrected chi connectivity index (χ1v) is 6.99. The van der Waals surface area contributed by atoms with Gasteiger partial charge in [-0.1, -0.05) is 37.1 Å². The van der Waals surface area contributed by atoms with Gasteiger partial charge in [-0.2, -0.15) is 0 Å². The molecule has 1 spiro atoms. The smallest absolute Gasteiger partial charge is 0.0652 e. The Morgan fingerprint density at radius 2 is 2.00 bits per heavy atom. The number of ether oxygens (including phenoxy) is 1. The van der Waals surface area contributed by atoms with Crippen molar-refractivity contribution in [3.63, 3.8) is 0 Å². The van der Waals surface area contributed by atoms with Crippen molar-refractivity contribution in [2.24, 2.45) is 4.99 Å². The summed E-state index contributed by atoms with van der Waals surface area (Å²) in [5, 5.41) is 0. The van der Waals surface area contributed by atoms with Gasteiger partial charge in [0.25, 0.3) is 0 Å². The van der Waals surface area contributed by atoms with Crippen LogP contribution in [-0.4, -0.2) is 25.0 Å². The molecule has 3 rings (SSSR count). The summed E-state index contributed by atoms with van der Waals surface area (Å²) in [6.45, 7) is 0.767. The van der Waals surface area contributed by atoms with Gasteiger partial charge in [-0.15, -0.1) is 0 Å². The number of benzene rings is 1. The van der Waals surface area contributed by atoms with Gasteiger partial charge in [0.15, 0.2) is 0 Å². The second-order valence-electron chi connectivity index (χ2n) is 5.57. The van der Waals surface area contributed by atoms with E-state index >= 15 is 0 Å². The molecule has 1 aliphatic carbocycles. The third kappa shape index (κ3) is 2.10. The van der Waals surface area contributed by atoms with E-state index in [4.69, 9.17) is 9.73 Å². The molecule has 2 aliphatic rings. The number of hydrogen-bond donors (Lipinski definition) is 0. The van der Waals surface area contributed by atoms with Crippen LogP contribution in [0.4, 0.5) is 0 Å². The highest BCUT2D eigenvalue weighted by molar-refractivity contribution is 6.03. The summed E-state index contributed by atoms with van der Waals surface area (Å²) in [4.78, 5) is 5.13. The molecule has 1 heterocycles. The van der Waals surface area contributed by atoms with E-state index in [2.05, 4.69) is 24.3 Å². The fourth-order valence-corrected chi connectivity index (χ4v) is 3.41. The summed E-state index contributed by atoms with van der Waals surface area (Å²) in [5.74, 6) is 0. The van der Waals surface area contributed by atoms with Gasteiger partial charge in [0, 0.05) is 19.2 Å². The standard InChI is InChI=1S/C16H21NO/c1-18-11-8-15-14-7-3-2-6-13(14)12-16(17-15)9-4-5-10-16/h2-3,6-7H,4-5,8-12H2,1H3. The van der Waals surface area contributed by atoms with Crippen LogP contribution >= 0.6 is 0 Å². The first-order valence-electron chi connectivity index (χ1n) is 6.99. The third-order valence-electron chi connectivity index (χ3n) is 4.30. The summed E-state index contributed by atoms with van der Waals surface area (Å²) in [6, 6.07) is 8.76. The number of hydrogen-bond acceptors (Lipinski definition) is 2. The van der Waals surface area contributed by atoms with Gasteiger partial charge in [0.1, 0.15) is 0 Å². The van der Waals surface area contributed by atoms with Crippen LogP contribution in [0, 0.1) is 0 Å². The van der Waals surface area contributed by atoms with E-state index in [0.717, 1.165) is 19.4 Å². The molecule has 18 heavy (non-hydrogen) atoms. The van der Waals surface area contributed by atoms with Gasteiger partial charge in [-0.05, 0) is 30.4 Å². The number of fused-ring (bicyclic) bond motifs is 1. The van der Waals surface area contributed by atoms with Crippen LogP contribution in [-0.2, 0) is 11.2 Å². The van der Waals surface area contributed by atoms with E-state index < -0.39 is 0 Å². The fraction of sp³-hybridized carbons (Fsp3) is 0.562. The van der Waals surface area contributed by atoms with Crippen LogP contribution < -0.4 is 0 Å². The zero-order valence-corrected chi connectivity index (χ0v) is 11.1. The molecule has 1 aliphatic heterocycles. The SMILES string of the molecule is COCCC1=NC2(CCCC2)Cc2ccccc21. The third-order valence-corrected chi connectivity index (χ3v) is 4.30. The highest BCUT2D eigenvalue weighted by Gasteiger charge is 2.37. The zero-order valence-electron chi connectivity index (χ0n) is 11.1. The lowest BCUT2D eigenvalue weighted by Crippen LogP contribution is -2.32. The summed E-state index contributed by atoms with van der Waals surface area (Å²) in [7, 11) is 1.76. The van der Waals surface area contributed by atoms with Gasteiger partial charge in [0.2, 0.25) is 0 Å². The number of rotatable bonds is 3. The molecule has 1 saturated carbocycles. The Balaban J connectivity index is 1.97. The molecule has 0 N–H and O–H groups in total. The van der Waals surface area contributed by atoms with Gasteiger partial charge in [0.05, 0.1) is 12.1 Å². The maximum Gasteiger partial charge on any atom is 0.0652 e. The Bertz CT molecular complexity index is 458. The molecule has 0 amide bonds. The first kappa shape index (κ1) is 11.9. The van der Waals surface area contributed by atoms with E-state index in [-0.39, 0.29) is 5.54 Å². The van der Waals surface area contributed by atoms with Crippen LogP contribution in [0.2, 0.25) is 0 Å². The zero-order chi connectivity index (χ0) is 12.4. The Morgan fingerprint density at radius 1 is 1.22 bits per heavy atom. The maximum atomic E-state index is 5.23. The van der Waals surface area contributed by atoms with Crippen molar-refractivity contribution >= 4 is 5.71 Å². The average Bonchev–Trinajstić information content (AvgIpc) is 2.84. The molecule has 0 radical (unpaired) electrons. The van der Waals surface area contributed by atoms with Gasteiger partial charge < -0.3 is 4.74 Å². The molecule has 1 fully saturated rings. The highest BCUT2D eigenvalue weighted by Crippen LogP contribution is 2.40. The second kappa shape index (κ2) is 4.85. The van der Waals surface area contributed by atoms with Crippen LogP contribution in [0.1, 0.15) is 43.2 Å². The number of aliphatic imine (C=N–C) groups is 1. The largest absolute Gasteiger partial charge is 0.384 e. The normalized spacial score (nSPS) is 20.8. The van der Waals surface area contributed by atoms with E-state index in [1.165, 1.54) is 42.5 Å². The van der Waals surface area contributed by atoms with E-state index in [1.807, 2.05) is 0 Å². The lowest BCUT2D eigenvalue weighted by molar-refractivity contribution is 0.207. The van der Waals surface area contributed by atoms with E-state index in [1.54, 1.807) is 7.11 Å². The lowest BCUT2D eigenvalue weighted by Gasteiger charge is -2.32. The Kier molecular flexibility index (Phi) is 3.21. The van der Waals surface area contributed by atoms with Crippen molar-refractivity contribution in [1.82, 2.24) is 0 Å². The van der Waals surface area contributed by atoms with Crippen LogP contribution in [0.25, 0.3) is 0 Å². The van der Waals surface area contributed by atoms with Crippen LogP contribution in [0.5, 0.6) is 0 Å². The molecule has 1 aromatic carbocycles. The number of methoxy groups -OCH3 is 1. The molecular weight excluding hydrogens is 222 g/mol. The van der Waals surface area contributed by atoms with Gasteiger partial charge in [-0.25, -0.2) is 0 Å². The molecule has 2 heteroatoms.